The van der Waals surface area contributed by atoms with Crippen LogP contribution in [0.5, 0.6) is 0 Å². The van der Waals surface area contributed by atoms with Crippen LogP contribution in [0, 0.1) is 0 Å². The van der Waals surface area contributed by atoms with E-state index in [-0.39, 0.29) is 25.7 Å². The number of ether oxygens (including phenoxy) is 4. The van der Waals surface area contributed by atoms with E-state index in [2.05, 4.69) is 113 Å². The van der Waals surface area contributed by atoms with Crippen LogP contribution in [0.3, 0.4) is 0 Å². The van der Waals surface area contributed by atoms with Crippen LogP contribution in [0.15, 0.2) is 122 Å². The molecule has 0 aromatic heterocycles. The van der Waals surface area contributed by atoms with Crippen molar-refractivity contribution in [2.75, 3.05) is 39.6 Å². The maximum absolute atomic E-state index is 13.1. The van der Waals surface area contributed by atoms with E-state index >= 15 is 0 Å². The molecule has 0 aliphatic rings. The summed E-state index contributed by atoms with van der Waals surface area (Å²) in [6, 6.07) is 0. The third-order valence-corrected chi connectivity index (χ3v) is 18.9. The maximum Gasteiger partial charge on any atom is 0.472 e. The van der Waals surface area contributed by atoms with Gasteiger partial charge in [0.05, 0.1) is 26.4 Å². The van der Waals surface area contributed by atoms with Gasteiger partial charge in [0, 0.05) is 25.7 Å². The number of carbonyl (C=O) groups excluding carboxylic acids is 4. The Hall–Kier alpha value is -4.54. The highest BCUT2D eigenvalue weighted by molar-refractivity contribution is 7.47. The van der Waals surface area contributed by atoms with E-state index in [9.17, 15) is 43.2 Å². The predicted molar refractivity (Wildman–Crippen MR) is 427 cm³/mol. The SMILES string of the molecule is CCCCC/C=C\C/C=C\C/C=C\C/C=C\C/C=C\CCC(=O)O[C@H](COC(=O)CCCCCCCCCCCCCCC)COP(=O)(O)OCC(O)COP(=O)(O)OC[C@@H](COC(=O)CCCCCCCCCCCCCCC)OC(=O)CC/C=C\C/C=C\C/C=C\C/C=C\C/C=C\CCCCC. The first-order valence-corrected chi connectivity index (χ1v) is 43.8. The van der Waals surface area contributed by atoms with Crippen molar-refractivity contribution in [2.45, 2.75) is 354 Å². The molecule has 0 saturated carbocycles. The molecular formula is C85H146O17P2. The van der Waals surface area contributed by atoms with Crippen LogP contribution in [-0.2, 0) is 65.4 Å². The monoisotopic (exact) mass is 1500 g/mol. The average Bonchev–Trinajstić information content (AvgIpc) is 0.907. The Morgan fingerprint density at radius 3 is 0.760 bits per heavy atom. The number of esters is 4. The van der Waals surface area contributed by atoms with Gasteiger partial charge in [0.2, 0.25) is 0 Å². The molecule has 19 heteroatoms. The fraction of sp³-hybridized carbons (Fsp3) is 0.718. The highest BCUT2D eigenvalue weighted by Crippen LogP contribution is 2.45. The predicted octanol–water partition coefficient (Wildman–Crippen LogP) is 23.9. The van der Waals surface area contributed by atoms with Gasteiger partial charge in [0.1, 0.15) is 19.3 Å². The van der Waals surface area contributed by atoms with Gasteiger partial charge in [-0.25, -0.2) is 9.13 Å². The number of aliphatic hydroxyl groups is 1. The number of carbonyl (C=O) groups is 4. The van der Waals surface area contributed by atoms with E-state index in [1.54, 1.807) is 0 Å². The molecule has 0 heterocycles. The molecule has 0 aromatic rings. The van der Waals surface area contributed by atoms with Crippen molar-refractivity contribution in [3.63, 3.8) is 0 Å². The number of hydrogen-bond acceptors (Lipinski definition) is 15. The molecule has 3 N–H and O–H groups in total. The van der Waals surface area contributed by atoms with Gasteiger partial charge in [-0.1, -0.05) is 329 Å². The average molecular weight is 1500 g/mol. The summed E-state index contributed by atoms with van der Waals surface area (Å²) >= 11 is 0. The summed E-state index contributed by atoms with van der Waals surface area (Å²) in [6.45, 7) is 4.68. The zero-order valence-electron chi connectivity index (χ0n) is 65.4. The molecule has 0 spiro atoms. The summed E-state index contributed by atoms with van der Waals surface area (Å²) < 4.78 is 68.4. The van der Waals surface area contributed by atoms with Gasteiger partial charge in [-0.05, 0) is 103 Å². The number of phosphoric ester groups is 2. The zero-order chi connectivity index (χ0) is 76.0. The molecule has 0 aliphatic carbocycles. The molecule has 0 aromatic carbocycles. The number of hydrogen-bond donors (Lipinski definition) is 3. The molecule has 4 atom stereocenters. The maximum atomic E-state index is 13.1. The molecule has 0 fully saturated rings. The molecule has 598 valence electrons. The number of rotatable bonds is 76. The molecule has 2 unspecified atom stereocenters. The Labute approximate surface area is 632 Å². The number of aliphatic hydroxyl groups excluding tert-OH is 1. The Morgan fingerprint density at radius 2 is 0.490 bits per heavy atom. The van der Waals surface area contributed by atoms with E-state index < -0.39 is 97.5 Å². The minimum absolute atomic E-state index is 0.0300. The van der Waals surface area contributed by atoms with E-state index in [4.69, 9.17) is 37.0 Å². The van der Waals surface area contributed by atoms with Crippen molar-refractivity contribution in [2.24, 2.45) is 0 Å². The first-order chi connectivity index (χ1) is 50.7. The second kappa shape index (κ2) is 76.6. The Morgan fingerprint density at radius 1 is 0.269 bits per heavy atom. The van der Waals surface area contributed by atoms with Crippen molar-refractivity contribution >= 4 is 39.5 Å². The number of phosphoric acid groups is 2. The first kappa shape index (κ1) is 99.5. The van der Waals surface area contributed by atoms with E-state index in [1.807, 2.05) is 36.5 Å². The summed E-state index contributed by atoms with van der Waals surface area (Å²) in [5.41, 5.74) is 0. The molecule has 0 saturated heterocycles. The highest BCUT2D eigenvalue weighted by atomic mass is 31.2. The summed E-state index contributed by atoms with van der Waals surface area (Å²) in [7, 11) is -10.0. The largest absolute Gasteiger partial charge is 0.472 e. The van der Waals surface area contributed by atoms with Crippen molar-refractivity contribution in [3.05, 3.63) is 122 Å². The minimum atomic E-state index is -5.00. The molecule has 0 aliphatic heterocycles. The van der Waals surface area contributed by atoms with Crippen LogP contribution in [0.2, 0.25) is 0 Å². The van der Waals surface area contributed by atoms with Crippen LogP contribution < -0.4 is 0 Å². The fourth-order valence-electron chi connectivity index (χ4n) is 10.7. The molecule has 0 rings (SSSR count). The molecule has 0 amide bonds. The summed E-state index contributed by atoms with van der Waals surface area (Å²) in [6.07, 6.45) is 84.9. The Balaban J connectivity index is 5.48. The number of allylic oxidation sites excluding steroid dienone is 20. The van der Waals surface area contributed by atoms with E-state index in [0.29, 0.717) is 38.5 Å². The van der Waals surface area contributed by atoms with Crippen LogP contribution in [-0.4, -0.2) is 96.7 Å². The lowest BCUT2D eigenvalue weighted by atomic mass is 10.0. The summed E-state index contributed by atoms with van der Waals surface area (Å²) in [4.78, 5) is 72.9. The summed E-state index contributed by atoms with van der Waals surface area (Å²) in [5, 5.41) is 10.6. The lowest BCUT2D eigenvalue weighted by molar-refractivity contribution is -0.161. The molecule has 0 radical (unpaired) electrons. The normalized spacial score (nSPS) is 14.5. The highest BCUT2D eigenvalue weighted by Gasteiger charge is 2.30. The van der Waals surface area contributed by atoms with Gasteiger partial charge in [-0.2, -0.15) is 0 Å². The van der Waals surface area contributed by atoms with Gasteiger partial charge in [0.25, 0.3) is 0 Å². The van der Waals surface area contributed by atoms with Gasteiger partial charge in [0.15, 0.2) is 12.2 Å². The minimum Gasteiger partial charge on any atom is -0.462 e. The van der Waals surface area contributed by atoms with Crippen LogP contribution in [0.4, 0.5) is 0 Å². The van der Waals surface area contributed by atoms with Crippen LogP contribution in [0.25, 0.3) is 0 Å². The fourth-order valence-corrected chi connectivity index (χ4v) is 12.3. The Kier molecular flexibility index (Phi) is 73.3. The standard InChI is InChI=1S/C85H146O17P2/c1-5-9-13-17-21-25-29-33-35-37-39-41-43-47-51-55-59-63-67-71-84(89)101-80(75-95-82(87)69-65-61-57-53-49-45-31-27-23-19-15-11-7-3)77-99-103(91,92)97-73-79(86)74-98-104(93,94)100-78-81(76-96-83(88)70-66-62-58-54-50-46-32-28-24-20-16-12-8-4)102-85(90)72-68-64-60-56-52-48-44-42-40-38-36-34-30-26-22-18-14-10-6-2/h21-22,25-26,33-36,39-42,47-48,51-52,59-60,63-64,79-81,86H,5-20,23-24,27-32,37-38,43-46,49-50,53-58,61-62,65-78H2,1-4H3,(H,91,92)(H,93,94)/b25-21-,26-22-,35-33-,36-34-,41-39-,42-40-,51-47-,52-48-,63-59-,64-60-/t80-,81-/m1/s1. The van der Waals surface area contributed by atoms with Crippen LogP contribution >= 0.6 is 15.6 Å². The van der Waals surface area contributed by atoms with Crippen molar-refractivity contribution in [3.8, 4) is 0 Å². The van der Waals surface area contributed by atoms with Crippen molar-refractivity contribution < 1.29 is 80.2 Å². The van der Waals surface area contributed by atoms with Gasteiger partial charge in [-0.3, -0.25) is 37.3 Å². The first-order valence-electron chi connectivity index (χ1n) is 40.8. The third-order valence-electron chi connectivity index (χ3n) is 17.0. The topological polar surface area (TPSA) is 237 Å². The van der Waals surface area contributed by atoms with Crippen molar-refractivity contribution in [1.82, 2.24) is 0 Å². The quantitative estimate of drug-likeness (QED) is 0.0169. The number of unbranched alkanes of at least 4 members (excludes halogenated alkanes) is 30. The second-order valence-electron chi connectivity index (χ2n) is 27.0. The second-order valence-corrected chi connectivity index (χ2v) is 29.9. The zero-order valence-corrected chi connectivity index (χ0v) is 67.2. The van der Waals surface area contributed by atoms with Gasteiger partial charge in [-0.15, -0.1) is 0 Å². The van der Waals surface area contributed by atoms with E-state index in [1.165, 1.54) is 141 Å². The lowest BCUT2D eigenvalue weighted by Gasteiger charge is -2.21. The molecule has 17 nitrogen and oxygen atoms in total. The lowest BCUT2D eigenvalue weighted by Crippen LogP contribution is -2.30. The third kappa shape index (κ3) is 75.7. The smallest absolute Gasteiger partial charge is 0.462 e. The van der Waals surface area contributed by atoms with Crippen molar-refractivity contribution in [1.29, 1.82) is 0 Å². The Bertz CT molecular complexity index is 2280. The van der Waals surface area contributed by atoms with Crippen LogP contribution in [0.1, 0.15) is 336 Å². The van der Waals surface area contributed by atoms with Gasteiger partial charge >= 0.3 is 39.5 Å². The molecule has 104 heavy (non-hydrogen) atoms. The van der Waals surface area contributed by atoms with Gasteiger partial charge < -0.3 is 33.8 Å². The molecule has 0 bridgehead atoms. The summed E-state index contributed by atoms with van der Waals surface area (Å²) in [5.74, 6) is -2.35. The molecular weight excluding hydrogens is 1350 g/mol. The van der Waals surface area contributed by atoms with E-state index in [0.717, 1.165) is 103 Å².